The number of aryl methyl sites for hydroxylation is 1. The molecule has 6 nitrogen and oxygen atoms in total. The number of hydrogen-bond acceptors (Lipinski definition) is 4. The van der Waals surface area contributed by atoms with Crippen LogP contribution in [0, 0.1) is 6.92 Å². The van der Waals surface area contributed by atoms with Crippen LogP contribution < -0.4 is 9.62 Å². The second-order valence-corrected chi connectivity index (χ2v) is 7.92. The number of hydrogen-bond donors (Lipinski definition) is 1. The monoisotopic (exact) mass is 390 g/mol. The second kappa shape index (κ2) is 10.1. The van der Waals surface area contributed by atoms with E-state index in [0.717, 1.165) is 9.87 Å². The maximum atomic E-state index is 13.1. The molecule has 1 N–H and O–H groups in total. The van der Waals surface area contributed by atoms with Crippen LogP contribution in [-0.4, -0.2) is 40.6 Å². The fraction of sp³-hybridized carbons (Fsp3) is 0.350. The Hall–Kier alpha value is -2.38. The van der Waals surface area contributed by atoms with Crippen molar-refractivity contribution in [2.24, 2.45) is 0 Å². The summed E-state index contributed by atoms with van der Waals surface area (Å²) >= 11 is 0. The lowest BCUT2D eigenvalue weighted by Crippen LogP contribution is -2.41. The van der Waals surface area contributed by atoms with Crippen LogP contribution in [0.1, 0.15) is 18.9 Å². The van der Waals surface area contributed by atoms with Gasteiger partial charge in [-0.25, -0.2) is 8.42 Å². The van der Waals surface area contributed by atoms with E-state index in [0.29, 0.717) is 31.9 Å². The number of sulfonamides is 1. The van der Waals surface area contributed by atoms with E-state index in [1.165, 1.54) is 0 Å². The number of anilines is 1. The van der Waals surface area contributed by atoms with Crippen molar-refractivity contribution in [3.63, 3.8) is 0 Å². The van der Waals surface area contributed by atoms with Crippen molar-refractivity contribution >= 4 is 21.6 Å². The zero-order valence-electron chi connectivity index (χ0n) is 15.7. The smallest absolute Gasteiger partial charge is 0.264 e. The fourth-order valence-corrected chi connectivity index (χ4v) is 3.90. The molecule has 1 amide bonds. The van der Waals surface area contributed by atoms with Gasteiger partial charge >= 0.3 is 0 Å². The van der Waals surface area contributed by atoms with Crippen LogP contribution in [0.2, 0.25) is 0 Å². The van der Waals surface area contributed by atoms with Gasteiger partial charge in [0, 0.05) is 19.8 Å². The highest BCUT2D eigenvalue weighted by Crippen LogP contribution is 2.23. The van der Waals surface area contributed by atoms with E-state index in [1.807, 2.05) is 13.8 Å². The van der Waals surface area contributed by atoms with Crippen molar-refractivity contribution in [3.8, 4) is 0 Å². The lowest BCUT2D eigenvalue weighted by atomic mass is 10.2. The maximum absolute atomic E-state index is 13.1. The molecule has 2 aromatic carbocycles. The lowest BCUT2D eigenvalue weighted by molar-refractivity contribution is -0.119. The lowest BCUT2D eigenvalue weighted by Gasteiger charge is -2.24. The Morgan fingerprint density at radius 2 is 1.74 bits per heavy atom. The van der Waals surface area contributed by atoms with Crippen LogP contribution in [-0.2, 0) is 19.6 Å². The standard InChI is InChI=1S/C20H26N2O4S/c1-3-26-15-7-14-21-20(23)16-22(18-8-5-4-6-9-18)27(24,25)19-12-10-17(2)11-13-19/h4-6,8-13H,3,7,14-16H2,1-2H3,(H,21,23). The molecule has 2 rings (SSSR count). The highest BCUT2D eigenvalue weighted by atomic mass is 32.2. The molecule has 0 aliphatic heterocycles. The summed E-state index contributed by atoms with van der Waals surface area (Å²) in [6.45, 7) is 5.14. The average Bonchev–Trinajstić information content (AvgIpc) is 2.67. The highest BCUT2D eigenvalue weighted by molar-refractivity contribution is 7.92. The number of nitrogens with one attached hydrogen (secondary N) is 1. The Bertz CT molecular complexity index is 821. The molecule has 0 heterocycles. The molecule has 0 aromatic heterocycles. The van der Waals surface area contributed by atoms with Crippen molar-refractivity contribution in [1.82, 2.24) is 5.32 Å². The van der Waals surface area contributed by atoms with Crippen LogP contribution in [0.4, 0.5) is 5.69 Å². The van der Waals surface area contributed by atoms with Gasteiger partial charge in [0.1, 0.15) is 6.54 Å². The number of para-hydroxylation sites is 1. The van der Waals surface area contributed by atoms with E-state index in [-0.39, 0.29) is 17.3 Å². The van der Waals surface area contributed by atoms with Gasteiger partial charge in [0.2, 0.25) is 5.91 Å². The first-order chi connectivity index (χ1) is 12.9. The molecule has 0 saturated heterocycles. The minimum absolute atomic E-state index is 0.154. The SMILES string of the molecule is CCOCCCNC(=O)CN(c1ccccc1)S(=O)(=O)c1ccc(C)cc1. The second-order valence-electron chi connectivity index (χ2n) is 6.06. The molecule has 0 spiro atoms. The van der Waals surface area contributed by atoms with Crippen molar-refractivity contribution in [3.05, 3.63) is 60.2 Å². The van der Waals surface area contributed by atoms with Crippen LogP contribution >= 0.6 is 0 Å². The predicted molar refractivity (Wildman–Crippen MR) is 106 cm³/mol. The number of amides is 1. The first-order valence-corrected chi connectivity index (χ1v) is 10.4. The first-order valence-electron chi connectivity index (χ1n) is 8.94. The van der Waals surface area contributed by atoms with E-state index in [2.05, 4.69) is 5.32 Å². The number of carbonyl (C=O) groups is 1. The average molecular weight is 391 g/mol. The number of nitrogens with zero attached hydrogens (tertiary/aromatic N) is 1. The van der Waals surface area contributed by atoms with Crippen molar-refractivity contribution in [1.29, 1.82) is 0 Å². The Balaban J connectivity index is 2.17. The molecule has 7 heteroatoms. The highest BCUT2D eigenvalue weighted by Gasteiger charge is 2.26. The van der Waals surface area contributed by atoms with Gasteiger partial charge in [-0.15, -0.1) is 0 Å². The molecule has 146 valence electrons. The fourth-order valence-electron chi connectivity index (χ4n) is 2.48. The topological polar surface area (TPSA) is 75.7 Å². The van der Waals surface area contributed by atoms with Gasteiger partial charge in [0.25, 0.3) is 10.0 Å². The Morgan fingerprint density at radius 1 is 1.07 bits per heavy atom. The van der Waals surface area contributed by atoms with Crippen LogP contribution in [0.3, 0.4) is 0 Å². The van der Waals surface area contributed by atoms with Gasteiger partial charge in [-0.05, 0) is 44.5 Å². The Morgan fingerprint density at radius 3 is 2.37 bits per heavy atom. The largest absolute Gasteiger partial charge is 0.382 e. The summed E-state index contributed by atoms with van der Waals surface area (Å²) in [6, 6.07) is 15.2. The first kappa shape index (κ1) is 20.9. The number of carbonyl (C=O) groups excluding carboxylic acids is 1. The summed E-state index contributed by atoms with van der Waals surface area (Å²) in [4.78, 5) is 12.5. The summed E-state index contributed by atoms with van der Waals surface area (Å²) in [6.07, 6.45) is 0.676. The third-order valence-electron chi connectivity index (χ3n) is 3.93. The van der Waals surface area contributed by atoms with Crippen molar-refractivity contribution in [2.75, 3.05) is 30.6 Å². The van der Waals surface area contributed by atoms with Gasteiger partial charge in [0.05, 0.1) is 10.6 Å². The number of ether oxygens (including phenoxy) is 1. The molecule has 0 atom stereocenters. The molecule has 27 heavy (non-hydrogen) atoms. The minimum Gasteiger partial charge on any atom is -0.382 e. The predicted octanol–water partition coefficient (Wildman–Crippen LogP) is 2.73. The van der Waals surface area contributed by atoms with Crippen molar-refractivity contribution in [2.45, 2.75) is 25.2 Å². The zero-order valence-corrected chi connectivity index (χ0v) is 16.5. The molecule has 0 fully saturated rings. The summed E-state index contributed by atoms with van der Waals surface area (Å²) in [5, 5.41) is 2.75. The molecule has 0 unspecified atom stereocenters. The number of benzene rings is 2. The maximum Gasteiger partial charge on any atom is 0.264 e. The Kier molecular flexibility index (Phi) is 7.82. The molecule has 0 radical (unpaired) electrons. The Labute approximate surface area is 161 Å². The van der Waals surface area contributed by atoms with Crippen molar-refractivity contribution < 1.29 is 17.9 Å². The molecule has 0 aliphatic rings. The van der Waals surface area contributed by atoms with E-state index in [1.54, 1.807) is 54.6 Å². The van der Waals surface area contributed by atoms with Gasteiger partial charge in [0.15, 0.2) is 0 Å². The third kappa shape index (κ3) is 6.08. The van der Waals surface area contributed by atoms with E-state index in [4.69, 9.17) is 4.74 Å². The minimum atomic E-state index is -3.86. The van der Waals surface area contributed by atoms with Crippen LogP contribution in [0.15, 0.2) is 59.5 Å². The summed E-state index contributed by atoms with van der Waals surface area (Å²) in [7, 11) is -3.86. The van der Waals surface area contributed by atoms with Crippen LogP contribution in [0.5, 0.6) is 0 Å². The van der Waals surface area contributed by atoms with Gasteiger partial charge < -0.3 is 10.1 Å². The molecule has 0 aliphatic carbocycles. The van der Waals surface area contributed by atoms with Gasteiger partial charge in [-0.1, -0.05) is 35.9 Å². The summed E-state index contributed by atoms with van der Waals surface area (Å²) in [5.41, 5.74) is 1.41. The molecular formula is C20H26N2O4S. The van der Waals surface area contributed by atoms with Gasteiger partial charge in [-0.2, -0.15) is 0 Å². The molecule has 0 bridgehead atoms. The van der Waals surface area contributed by atoms with E-state index >= 15 is 0 Å². The van der Waals surface area contributed by atoms with Gasteiger partial charge in [-0.3, -0.25) is 9.10 Å². The van der Waals surface area contributed by atoms with E-state index in [9.17, 15) is 13.2 Å². The normalized spacial score (nSPS) is 11.2. The number of rotatable bonds is 10. The third-order valence-corrected chi connectivity index (χ3v) is 5.72. The summed E-state index contributed by atoms with van der Waals surface area (Å²) < 4.78 is 32.6. The van der Waals surface area contributed by atoms with E-state index < -0.39 is 10.0 Å². The quantitative estimate of drug-likeness (QED) is 0.633. The molecular weight excluding hydrogens is 364 g/mol. The summed E-state index contributed by atoms with van der Waals surface area (Å²) in [5.74, 6) is -0.356. The molecule has 0 saturated carbocycles. The zero-order chi connectivity index (χ0) is 19.7. The van der Waals surface area contributed by atoms with Crippen LogP contribution in [0.25, 0.3) is 0 Å². The molecule has 2 aromatic rings.